The number of esters is 1. The molecule has 0 amide bonds. The second-order valence-corrected chi connectivity index (χ2v) is 3.41. The summed E-state index contributed by atoms with van der Waals surface area (Å²) >= 11 is 0. The Bertz CT molecular complexity index is 497. The Morgan fingerprint density at radius 2 is 2.00 bits per heavy atom. The van der Waals surface area contributed by atoms with Crippen molar-refractivity contribution in [3.05, 3.63) is 54.1 Å². The number of anilines is 1. The number of carbonyl (C=O) groups excluding carboxylic acids is 1. The average molecular weight is 229 g/mol. The van der Waals surface area contributed by atoms with Crippen LogP contribution in [0.5, 0.6) is 0 Å². The summed E-state index contributed by atoms with van der Waals surface area (Å²) in [6.07, 6.45) is 4.71. The molecule has 0 aliphatic rings. The Morgan fingerprint density at radius 3 is 2.65 bits per heavy atom. The van der Waals surface area contributed by atoms with Gasteiger partial charge in [0.15, 0.2) is 0 Å². The average Bonchev–Trinajstić information content (AvgIpc) is 2.38. The lowest BCUT2D eigenvalue weighted by Gasteiger charge is -2.04. The molecular formula is C12H11N3O2. The fraction of sp³-hybridized carbons (Fsp3) is 0.0833. The number of carbonyl (C=O) groups is 1. The molecule has 0 aliphatic carbocycles. The van der Waals surface area contributed by atoms with Crippen LogP contribution in [0.4, 0.5) is 5.69 Å². The van der Waals surface area contributed by atoms with Gasteiger partial charge in [0.05, 0.1) is 11.9 Å². The highest BCUT2D eigenvalue weighted by Crippen LogP contribution is 2.05. The number of hydrogen-bond donors (Lipinski definition) is 1. The fourth-order valence-corrected chi connectivity index (χ4v) is 1.23. The molecule has 0 bridgehead atoms. The zero-order chi connectivity index (χ0) is 12.1. The second kappa shape index (κ2) is 5.07. The lowest BCUT2D eigenvalue weighted by Crippen LogP contribution is -2.07. The summed E-state index contributed by atoms with van der Waals surface area (Å²) in [4.78, 5) is 19.3. The molecule has 0 saturated heterocycles. The minimum Gasteiger partial charge on any atom is -0.456 e. The van der Waals surface area contributed by atoms with Crippen molar-refractivity contribution in [1.82, 2.24) is 9.97 Å². The zero-order valence-electron chi connectivity index (χ0n) is 9.04. The van der Waals surface area contributed by atoms with E-state index in [0.29, 0.717) is 5.69 Å². The third-order valence-corrected chi connectivity index (χ3v) is 2.11. The number of rotatable bonds is 3. The van der Waals surface area contributed by atoms with Crippen LogP contribution in [0.1, 0.15) is 16.1 Å². The first-order chi connectivity index (χ1) is 8.25. The predicted molar refractivity (Wildman–Crippen MR) is 62.0 cm³/mol. The summed E-state index contributed by atoms with van der Waals surface area (Å²) in [7, 11) is 0. The molecule has 0 radical (unpaired) electrons. The molecule has 0 saturated carbocycles. The van der Waals surface area contributed by atoms with Crippen LogP contribution in [-0.4, -0.2) is 15.9 Å². The Balaban J connectivity index is 1.96. The molecule has 0 fully saturated rings. The first kappa shape index (κ1) is 11.1. The van der Waals surface area contributed by atoms with Crippen molar-refractivity contribution in [2.45, 2.75) is 6.61 Å². The quantitative estimate of drug-likeness (QED) is 0.805. The van der Waals surface area contributed by atoms with Crippen LogP contribution in [0.3, 0.4) is 0 Å². The van der Waals surface area contributed by atoms with E-state index in [-0.39, 0.29) is 12.3 Å². The summed E-state index contributed by atoms with van der Waals surface area (Å²) in [5, 5.41) is 0. The summed E-state index contributed by atoms with van der Waals surface area (Å²) in [5.74, 6) is -0.471. The topological polar surface area (TPSA) is 78.1 Å². The number of hydrogen-bond acceptors (Lipinski definition) is 5. The molecule has 0 aromatic carbocycles. The van der Waals surface area contributed by atoms with Crippen LogP contribution in [0.15, 0.2) is 42.9 Å². The van der Waals surface area contributed by atoms with E-state index in [4.69, 9.17) is 10.5 Å². The van der Waals surface area contributed by atoms with Crippen molar-refractivity contribution >= 4 is 11.7 Å². The molecule has 2 aromatic rings. The molecule has 2 rings (SSSR count). The van der Waals surface area contributed by atoms with E-state index in [1.165, 1.54) is 12.3 Å². The Hall–Kier alpha value is -2.43. The molecule has 0 spiro atoms. The molecule has 5 nitrogen and oxygen atoms in total. The maximum Gasteiger partial charge on any atom is 0.357 e. The van der Waals surface area contributed by atoms with Crippen molar-refractivity contribution in [2.75, 3.05) is 5.73 Å². The number of nitrogen functional groups attached to an aromatic ring is 1. The molecule has 86 valence electrons. The third-order valence-electron chi connectivity index (χ3n) is 2.11. The Morgan fingerprint density at radius 1 is 1.24 bits per heavy atom. The number of aromatic nitrogens is 2. The maximum absolute atomic E-state index is 11.6. The predicted octanol–water partition coefficient (Wildman–Crippen LogP) is 1.42. The minimum atomic E-state index is -0.471. The number of nitrogens with two attached hydrogens (primary N) is 1. The molecule has 0 atom stereocenters. The normalized spacial score (nSPS) is 9.88. The Kier molecular flexibility index (Phi) is 3.30. The summed E-state index contributed by atoms with van der Waals surface area (Å²) < 4.78 is 5.08. The second-order valence-electron chi connectivity index (χ2n) is 3.41. The third kappa shape index (κ3) is 3.01. The zero-order valence-corrected chi connectivity index (χ0v) is 9.04. The van der Waals surface area contributed by atoms with E-state index in [0.717, 1.165) is 5.56 Å². The molecular weight excluding hydrogens is 218 g/mol. The summed E-state index contributed by atoms with van der Waals surface area (Å²) in [6.45, 7) is 0.202. The highest BCUT2D eigenvalue weighted by Gasteiger charge is 2.08. The molecule has 2 heterocycles. The van der Waals surface area contributed by atoms with Crippen LogP contribution >= 0.6 is 0 Å². The van der Waals surface area contributed by atoms with E-state index in [9.17, 15) is 4.79 Å². The van der Waals surface area contributed by atoms with Crippen molar-refractivity contribution in [2.24, 2.45) is 0 Å². The summed E-state index contributed by atoms with van der Waals surface area (Å²) in [5.41, 5.74) is 7.10. The van der Waals surface area contributed by atoms with E-state index in [1.54, 1.807) is 30.6 Å². The van der Waals surface area contributed by atoms with E-state index < -0.39 is 5.97 Å². The molecule has 0 aliphatic heterocycles. The number of pyridine rings is 2. The Labute approximate surface area is 98.3 Å². The van der Waals surface area contributed by atoms with Crippen molar-refractivity contribution < 1.29 is 9.53 Å². The van der Waals surface area contributed by atoms with Gasteiger partial charge in [0.1, 0.15) is 12.3 Å². The number of nitrogens with zero attached hydrogens (tertiary/aromatic N) is 2. The first-order valence-corrected chi connectivity index (χ1v) is 5.03. The lowest BCUT2D eigenvalue weighted by molar-refractivity contribution is 0.0465. The van der Waals surface area contributed by atoms with Gasteiger partial charge in [-0.3, -0.25) is 4.98 Å². The van der Waals surface area contributed by atoms with Crippen LogP contribution in [0, 0.1) is 0 Å². The monoisotopic (exact) mass is 229 g/mol. The van der Waals surface area contributed by atoms with Crippen LogP contribution in [-0.2, 0) is 11.3 Å². The summed E-state index contributed by atoms with van der Waals surface area (Å²) in [6, 6.07) is 6.70. The van der Waals surface area contributed by atoms with Gasteiger partial charge in [-0.2, -0.15) is 0 Å². The smallest absolute Gasteiger partial charge is 0.357 e. The van der Waals surface area contributed by atoms with Gasteiger partial charge in [0.2, 0.25) is 0 Å². The first-order valence-electron chi connectivity index (χ1n) is 5.03. The van der Waals surface area contributed by atoms with E-state index in [2.05, 4.69) is 9.97 Å². The van der Waals surface area contributed by atoms with Gasteiger partial charge in [-0.1, -0.05) is 0 Å². The lowest BCUT2D eigenvalue weighted by atomic mass is 10.3. The van der Waals surface area contributed by atoms with E-state index in [1.807, 2.05) is 0 Å². The van der Waals surface area contributed by atoms with Gasteiger partial charge in [-0.05, 0) is 29.8 Å². The van der Waals surface area contributed by atoms with Gasteiger partial charge in [-0.25, -0.2) is 9.78 Å². The standard InChI is InChI=1S/C12H11N3O2/c13-10-1-2-11(15-7-10)12(16)17-8-9-3-5-14-6-4-9/h1-7H,8,13H2. The highest BCUT2D eigenvalue weighted by atomic mass is 16.5. The maximum atomic E-state index is 11.6. The molecule has 0 unspecified atom stereocenters. The molecule has 17 heavy (non-hydrogen) atoms. The molecule has 5 heteroatoms. The molecule has 2 aromatic heterocycles. The van der Waals surface area contributed by atoms with Gasteiger partial charge < -0.3 is 10.5 Å². The largest absolute Gasteiger partial charge is 0.456 e. The van der Waals surface area contributed by atoms with Crippen LogP contribution in [0.25, 0.3) is 0 Å². The highest BCUT2D eigenvalue weighted by molar-refractivity contribution is 5.87. The van der Waals surface area contributed by atoms with Gasteiger partial charge in [-0.15, -0.1) is 0 Å². The number of ether oxygens (including phenoxy) is 1. The minimum absolute atomic E-state index is 0.202. The molecule has 2 N–H and O–H groups in total. The van der Waals surface area contributed by atoms with Crippen molar-refractivity contribution in [3.63, 3.8) is 0 Å². The van der Waals surface area contributed by atoms with Crippen molar-refractivity contribution in [1.29, 1.82) is 0 Å². The van der Waals surface area contributed by atoms with Crippen LogP contribution in [0.2, 0.25) is 0 Å². The van der Waals surface area contributed by atoms with Crippen LogP contribution < -0.4 is 5.73 Å². The van der Waals surface area contributed by atoms with Gasteiger partial charge in [0.25, 0.3) is 0 Å². The van der Waals surface area contributed by atoms with Crippen molar-refractivity contribution in [3.8, 4) is 0 Å². The SMILES string of the molecule is Nc1ccc(C(=O)OCc2ccncc2)nc1. The van der Waals surface area contributed by atoms with Gasteiger partial charge in [0, 0.05) is 12.4 Å². The fourth-order valence-electron chi connectivity index (χ4n) is 1.23. The van der Waals surface area contributed by atoms with Gasteiger partial charge >= 0.3 is 5.97 Å². The van der Waals surface area contributed by atoms with E-state index >= 15 is 0 Å².